The van der Waals surface area contributed by atoms with Gasteiger partial charge in [-0.3, -0.25) is 4.90 Å². The summed E-state index contributed by atoms with van der Waals surface area (Å²) < 4.78 is 7.09. The number of hydrogen-bond acceptors (Lipinski definition) is 4. The SMILES string of the molecule is [CH2]CCC1CCN(Cc2ccc(Oc3nc4ccccc4s3)cc2)CC1. The summed E-state index contributed by atoms with van der Waals surface area (Å²) >= 11 is 1.58. The number of piperidine rings is 1. The number of hydrogen-bond donors (Lipinski definition) is 0. The van der Waals surface area contributed by atoms with E-state index in [9.17, 15) is 0 Å². The van der Waals surface area contributed by atoms with Crippen LogP contribution in [0.5, 0.6) is 10.9 Å². The van der Waals surface area contributed by atoms with Crippen molar-refractivity contribution < 1.29 is 4.74 Å². The average molecular weight is 366 g/mol. The van der Waals surface area contributed by atoms with Crippen LogP contribution in [0.25, 0.3) is 10.2 Å². The third kappa shape index (κ3) is 4.25. The largest absolute Gasteiger partial charge is 0.431 e. The lowest BCUT2D eigenvalue weighted by atomic mass is 9.92. The van der Waals surface area contributed by atoms with Crippen LogP contribution < -0.4 is 4.74 Å². The first-order chi connectivity index (χ1) is 12.8. The van der Waals surface area contributed by atoms with Crippen molar-refractivity contribution in [3.63, 3.8) is 0 Å². The number of para-hydroxylation sites is 1. The molecule has 0 spiro atoms. The molecule has 1 aliphatic rings. The van der Waals surface area contributed by atoms with E-state index < -0.39 is 0 Å². The second-order valence-corrected chi connectivity index (χ2v) is 8.05. The molecule has 0 atom stereocenters. The van der Waals surface area contributed by atoms with Gasteiger partial charge in [0.15, 0.2) is 0 Å². The molecule has 3 aromatic rings. The van der Waals surface area contributed by atoms with E-state index in [1.807, 2.05) is 18.2 Å². The topological polar surface area (TPSA) is 25.4 Å². The van der Waals surface area contributed by atoms with Crippen molar-refractivity contribution in [2.45, 2.75) is 32.2 Å². The summed E-state index contributed by atoms with van der Waals surface area (Å²) in [7, 11) is 0. The van der Waals surface area contributed by atoms with Crippen molar-refractivity contribution in [3.05, 3.63) is 61.0 Å². The maximum absolute atomic E-state index is 5.94. The standard InChI is InChI=1S/C22H25N2OS/c1-2-5-17-12-14-24(15-13-17)16-18-8-10-19(11-9-18)25-22-23-20-6-3-4-7-21(20)26-22/h3-4,6-11,17H,1-2,5,12-16H2. The monoisotopic (exact) mass is 365 g/mol. The van der Waals surface area contributed by atoms with E-state index in [0.29, 0.717) is 5.19 Å². The number of benzene rings is 2. The predicted molar refractivity (Wildman–Crippen MR) is 109 cm³/mol. The van der Waals surface area contributed by atoms with Crippen molar-refractivity contribution in [3.8, 4) is 10.9 Å². The summed E-state index contributed by atoms with van der Waals surface area (Å²) in [6.07, 6.45) is 4.98. The molecule has 135 valence electrons. The minimum absolute atomic E-state index is 0.700. The Hall–Kier alpha value is -1.91. The van der Waals surface area contributed by atoms with Crippen LogP contribution in [0.1, 0.15) is 31.2 Å². The zero-order chi connectivity index (χ0) is 17.8. The van der Waals surface area contributed by atoms with Crippen molar-refractivity contribution in [1.82, 2.24) is 9.88 Å². The maximum atomic E-state index is 5.94. The van der Waals surface area contributed by atoms with Gasteiger partial charge in [0.1, 0.15) is 5.75 Å². The molecule has 3 nitrogen and oxygen atoms in total. The van der Waals surface area contributed by atoms with Gasteiger partial charge < -0.3 is 4.74 Å². The zero-order valence-electron chi connectivity index (χ0n) is 15.1. The molecule has 0 bridgehead atoms. The minimum Gasteiger partial charge on any atom is -0.431 e. The fourth-order valence-electron chi connectivity index (χ4n) is 3.64. The van der Waals surface area contributed by atoms with Crippen molar-refractivity contribution >= 4 is 21.6 Å². The van der Waals surface area contributed by atoms with Gasteiger partial charge in [0.2, 0.25) is 0 Å². The molecule has 1 radical (unpaired) electrons. The molecule has 0 N–H and O–H groups in total. The van der Waals surface area contributed by atoms with E-state index >= 15 is 0 Å². The Bertz CT molecular complexity index is 802. The molecular formula is C22H25N2OS. The Morgan fingerprint density at radius 1 is 1.08 bits per heavy atom. The molecular weight excluding hydrogens is 340 g/mol. The molecule has 2 heterocycles. The van der Waals surface area contributed by atoms with Gasteiger partial charge in [-0.05, 0) is 61.7 Å². The third-order valence-electron chi connectivity index (χ3n) is 5.13. The molecule has 0 unspecified atom stereocenters. The van der Waals surface area contributed by atoms with Gasteiger partial charge in [0, 0.05) is 6.54 Å². The summed E-state index contributed by atoms with van der Waals surface area (Å²) in [4.78, 5) is 7.09. The van der Waals surface area contributed by atoms with E-state index in [1.54, 1.807) is 11.3 Å². The Balaban J connectivity index is 1.33. The quantitative estimate of drug-likeness (QED) is 0.542. The number of rotatable bonds is 6. The van der Waals surface area contributed by atoms with Crippen LogP contribution in [0.15, 0.2) is 48.5 Å². The molecule has 1 aliphatic heterocycles. The van der Waals surface area contributed by atoms with E-state index in [0.717, 1.165) is 34.8 Å². The maximum Gasteiger partial charge on any atom is 0.279 e. The molecule has 0 aliphatic carbocycles. The summed E-state index contributed by atoms with van der Waals surface area (Å²) in [5.74, 6) is 1.73. The highest BCUT2D eigenvalue weighted by atomic mass is 32.1. The van der Waals surface area contributed by atoms with Crippen LogP contribution >= 0.6 is 11.3 Å². The smallest absolute Gasteiger partial charge is 0.279 e. The number of ether oxygens (including phenoxy) is 1. The van der Waals surface area contributed by atoms with E-state index in [4.69, 9.17) is 4.74 Å². The Morgan fingerprint density at radius 2 is 1.85 bits per heavy atom. The van der Waals surface area contributed by atoms with Gasteiger partial charge in [-0.1, -0.05) is 55.4 Å². The van der Waals surface area contributed by atoms with Crippen LogP contribution in [0.3, 0.4) is 0 Å². The van der Waals surface area contributed by atoms with Gasteiger partial charge >= 0.3 is 0 Å². The van der Waals surface area contributed by atoms with Crippen LogP contribution in [-0.2, 0) is 6.54 Å². The van der Waals surface area contributed by atoms with Crippen LogP contribution in [0.2, 0.25) is 0 Å². The highest BCUT2D eigenvalue weighted by Crippen LogP contribution is 2.31. The fourth-order valence-corrected chi connectivity index (χ4v) is 4.47. The van der Waals surface area contributed by atoms with Crippen LogP contribution in [0, 0.1) is 12.8 Å². The van der Waals surface area contributed by atoms with Crippen molar-refractivity contribution in [1.29, 1.82) is 0 Å². The Morgan fingerprint density at radius 3 is 2.58 bits per heavy atom. The molecule has 0 amide bonds. The first-order valence-corrected chi connectivity index (χ1v) is 10.3. The van der Waals surface area contributed by atoms with Gasteiger partial charge in [-0.2, -0.15) is 0 Å². The lowest BCUT2D eigenvalue weighted by Crippen LogP contribution is -2.33. The summed E-state index contributed by atoms with van der Waals surface area (Å²) in [5.41, 5.74) is 2.34. The van der Waals surface area contributed by atoms with Gasteiger partial charge in [-0.25, -0.2) is 4.98 Å². The molecule has 1 saturated heterocycles. The lowest BCUT2D eigenvalue weighted by Gasteiger charge is -2.31. The van der Waals surface area contributed by atoms with Gasteiger partial charge in [0.05, 0.1) is 10.2 Å². The molecule has 1 aromatic heterocycles. The van der Waals surface area contributed by atoms with Gasteiger partial charge in [0.25, 0.3) is 5.19 Å². The summed E-state index contributed by atoms with van der Waals surface area (Å²) in [5, 5.41) is 0.700. The average Bonchev–Trinajstić information content (AvgIpc) is 3.07. The minimum atomic E-state index is 0.700. The highest BCUT2D eigenvalue weighted by Gasteiger charge is 2.18. The molecule has 26 heavy (non-hydrogen) atoms. The fraction of sp³-hybridized carbons (Fsp3) is 0.364. The first kappa shape index (κ1) is 17.5. The first-order valence-electron chi connectivity index (χ1n) is 9.44. The number of fused-ring (bicyclic) bond motifs is 1. The van der Waals surface area contributed by atoms with Gasteiger partial charge in [-0.15, -0.1) is 0 Å². The Kier molecular flexibility index (Phi) is 5.51. The summed E-state index contributed by atoms with van der Waals surface area (Å²) in [6.45, 7) is 7.42. The molecule has 4 rings (SSSR count). The second kappa shape index (κ2) is 8.19. The predicted octanol–water partition coefficient (Wildman–Crippen LogP) is 5.91. The lowest BCUT2D eigenvalue weighted by molar-refractivity contribution is 0.173. The normalized spacial score (nSPS) is 16.2. The van der Waals surface area contributed by atoms with Crippen LogP contribution in [0.4, 0.5) is 0 Å². The van der Waals surface area contributed by atoms with E-state index in [1.165, 1.54) is 37.9 Å². The molecule has 4 heteroatoms. The number of thiazole rings is 1. The number of aromatic nitrogens is 1. The molecule has 1 fully saturated rings. The summed E-state index contributed by atoms with van der Waals surface area (Å²) in [6, 6.07) is 16.6. The Labute approximate surface area is 159 Å². The zero-order valence-corrected chi connectivity index (χ0v) is 15.9. The third-order valence-corrected chi connectivity index (χ3v) is 6.04. The second-order valence-electron chi connectivity index (χ2n) is 7.06. The molecule has 0 saturated carbocycles. The number of likely N-dealkylation sites (tertiary alicyclic amines) is 1. The van der Waals surface area contributed by atoms with Crippen LogP contribution in [-0.4, -0.2) is 23.0 Å². The highest BCUT2D eigenvalue weighted by molar-refractivity contribution is 7.20. The van der Waals surface area contributed by atoms with E-state index in [-0.39, 0.29) is 0 Å². The van der Waals surface area contributed by atoms with Crippen molar-refractivity contribution in [2.75, 3.05) is 13.1 Å². The number of nitrogens with zero attached hydrogens (tertiary/aromatic N) is 2. The van der Waals surface area contributed by atoms with E-state index in [2.05, 4.69) is 47.1 Å². The molecule has 2 aromatic carbocycles. The van der Waals surface area contributed by atoms with Crippen molar-refractivity contribution in [2.24, 2.45) is 5.92 Å².